The number of piperidine rings is 2. The maximum atomic E-state index is 13.6. The van der Waals surface area contributed by atoms with E-state index in [0.29, 0.717) is 38.4 Å². The summed E-state index contributed by atoms with van der Waals surface area (Å²) in [6.07, 6.45) is 7.59. The number of nitrogens with two attached hydrogens (primary N) is 1. The number of amides is 3. The largest absolute Gasteiger partial charge is 0.497 e. The first kappa shape index (κ1) is 41.3. The Labute approximate surface area is 346 Å². The lowest BCUT2D eigenvalue weighted by Crippen LogP contribution is -2.51. The van der Waals surface area contributed by atoms with Gasteiger partial charge < -0.3 is 44.9 Å². The van der Waals surface area contributed by atoms with E-state index in [2.05, 4.69) is 15.2 Å². The topological polar surface area (TPSA) is 156 Å². The van der Waals surface area contributed by atoms with Gasteiger partial charge in [0.15, 0.2) is 0 Å². The van der Waals surface area contributed by atoms with E-state index < -0.39 is 5.60 Å². The van der Waals surface area contributed by atoms with Gasteiger partial charge in [-0.3, -0.25) is 9.59 Å². The van der Waals surface area contributed by atoms with Gasteiger partial charge in [-0.05, 0) is 101 Å². The van der Waals surface area contributed by atoms with Crippen LogP contribution >= 0.6 is 0 Å². The predicted octanol–water partition coefficient (Wildman–Crippen LogP) is 5.90. The summed E-state index contributed by atoms with van der Waals surface area (Å²) < 4.78 is 16.3. The maximum Gasteiger partial charge on any atom is 0.410 e. The first-order valence-electron chi connectivity index (χ1n) is 20.5. The zero-order valence-corrected chi connectivity index (χ0v) is 34.8. The Kier molecular flexibility index (Phi) is 12.5. The number of rotatable bonds is 9. The van der Waals surface area contributed by atoms with E-state index >= 15 is 0 Å². The average molecular weight is 805 g/mol. The van der Waals surface area contributed by atoms with Crippen LogP contribution in [0.15, 0.2) is 73.1 Å². The Bertz CT molecular complexity index is 2070. The van der Waals surface area contributed by atoms with Crippen molar-refractivity contribution in [1.82, 2.24) is 20.2 Å². The number of aromatic nitrogens is 2. The number of anilines is 4. The van der Waals surface area contributed by atoms with Crippen LogP contribution in [-0.4, -0.2) is 90.9 Å². The van der Waals surface area contributed by atoms with Crippen molar-refractivity contribution in [3.8, 4) is 11.5 Å². The number of likely N-dealkylation sites (tertiary alicyclic amines) is 1. The highest BCUT2D eigenvalue weighted by Crippen LogP contribution is 2.39. The van der Waals surface area contributed by atoms with Crippen LogP contribution in [0.1, 0.15) is 68.7 Å². The van der Waals surface area contributed by atoms with E-state index in [0.717, 1.165) is 89.7 Å². The SMILES string of the molecule is COc1ccc(CN(Cc2ccc(OC)cc2)c2nccc3c2CC(=O)N3[C@@H]2CCCN(C(=O)OC(C)(C)C)C2)cc1.Nc1nccc2c1CC(=O)N2[C@@H]1CCCNC1. The quantitative estimate of drug-likeness (QED) is 0.208. The zero-order valence-electron chi connectivity index (χ0n) is 34.8. The van der Waals surface area contributed by atoms with Gasteiger partial charge in [0.1, 0.15) is 28.7 Å². The molecule has 14 nitrogen and oxygen atoms in total. The van der Waals surface area contributed by atoms with Crippen LogP contribution in [0, 0.1) is 0 Å². The van der Waals surface area contributed by atoms with Crippen LogP contribution in [0.3, 0.4) is 0 Å². The third-order valence-corrected chi connectivity index (χ3v) is 11.2. The van der Waals surface area contributed by atoms with Crippen molar-refractivity contribution in [2.24, 2.45) is 0 Å². The van der Waals surface area contributed by atoms with Crippen molar-refractivity contribution < 1.29 is 28.6 Å². The molecule has 0 radical (unpaired) electrons. The van der Waals surface area contributed by atoms with E-state index in [1.807, 2.05) is 91.2 Å². The summed E-state index contributed by atoms with van der Waals surface area (Å²) in [5.74, 6) is 3.05. The molecule has 2 atom stereocenters. The summed E-state index contributed by atoms with van der Waals surface area (Å²) in [5, 5.41) is 3.34. The first-order chi connectivity index (χ1) is 28.4. The Balaban J connectivity index is 0.000000257. The number of hydrogen-bond acceptors (Lipinski definition) is 11. The van der Waals surface area contributed by atoms with Crippen molar-refractivity contribution in [3.05, 3.63) is 95.3 Å². The number of benzene rings is 2. The lowest BCUT2D eigenvalue weighted by molar-refractivity contribution is -0.118. The molecule has 59 heavy (non-hydrogen) atoms. The van der Waals surface area contributed by atoms with Crippen molar-refractivity contribution in [3.63, 3.8) is 0 Å². The Morgan fingerprint density at radius 1 is 0.797 bits per heavy atom. The molecule has 0 aliphatic carbocycles. The molecule has 0 bridgehead atoms. The number of pyridine rings is 2. The summed E-state index contributed by atoms with van der Waals surface area (Å²) in [4.78, 5) is 55.1. The minimum absolute atomic E-state index is 0.0316. The molecule has 8 rings (SSSR count). The van der Waals surface area contributed by atoms with E-state index in [4.69, 9.17) is 24.9 Å². The number of nitrogens with zero attached hydrogens (tertiary/aromatic N) is 6. The van der Waals surface area contributed by atoms with Crippen molar-refractivity contribution in [2.45, 2.75) is 90.1 Å². The second kappa shape index (κ2) is 17.9. The summed E-state index contributed by atoms with van der Waals surface area (Å²) >= 11 is 0. The lowest BCUT2D eigenvalue weighted by atomic mass is 10.0. The van der Waals surface area contributed by atoms with Gasteiger partial charge in [-0.25, -0.2) is 14.8 Å². The van der Waals surface area contributed by atoms with E-state index in [9.17, 15) is 14.4 Å². The molecule has 3 amide bonds. The van der Waals surface area contributed by atoms with E-state index in [1.165, 1.54) is 0 Å². The molecule has 312 valence electrons. The van der Waals surface area contributed by atoms with Crippen LogP contribution in [0.4, 0.5) is 27.8 Å². The van der Waals surface area contributed by atoms with Gasteiger partial charge in [0.2, 0.25) is 11.8 Å². The number of carbonyl (C=O) groups excluding carboxylic acids is 3. The minimum atomic E-state index is -0.572. The van der Waals surface area contributed by atoms with Gasteiger partial charge in [-0.15, -0.1) is 0 Å². The van der Waals surface area contributed by atoms with Crippen molar-refractivity contribution in [1.29, 1.82) is 0 Å². The van der Waals surface area contributed by atoms with Gasteiger partial charge in [0.05, 0.1) is 44.5 Å². The average Bonchev–Trinajstić information content (AvgIpc) is 3.77. The van der Waals surface area contributed by atoms with Gasteiger partial charge in [-0.2, -0.15) is 0 Å². The number of methoxy groups -OCH3 is 2. The third kappa shape index (κ3) is 9.54. The van der Waals surface area contributed by atoms with Crippen LogP contribution < -0.4 is 35.2 Å². The van der Waals surface area contributed by atoms with Crippen LogP contribution in [-0.2, 0) is 40.3 Å². The zero-order chi connectivity index (χ0) is 41.7. The van der Waals surface area contributed by atoms with E-state index in [1.54, 1.807) is 31.5 Å². The molecule has 2 fully saturated rings. The normalized spacial score (nSPS) is 18.8. The fraction of sp³-hybridized carbons (Fsp3) is 0.444. The number of hydrogen-bond donors (Lipinski definition) is 2. The number of carbonyl (C=O) groups is 3. The molecule has 2 saturated heterocycles. The molecule has 4 aliphatic heterocycles. The molecule has 0 spiro atoms. The maximum absolute atomic E-state index is 13.6. The third-order valence-electron chi connectivity index (χ3n) is 11.2. The van der Waals surface area contributed by atoms with Crippen LogP contribution in [0.5, 0.6) is 11.5 Å². The summed E-state index contributed by atoms with van der Waals surface area (Å²) in [7, 11) is 3.31. The second-order valence-corrected chi connectivity index (χ2v) is 16.5. The molecule has 2 aromatic heterocycles. The number of ether oxygens (including phenoxy) is 3. The van der Waals surface area contributed by atoms with Gasteiger partial charge >= 0.3 is 6.09 Å². The molecule has 6 heterocycles. The summed E-state index contributed by atoms with van der Waals surface area (Å²) in [6, 6.07) is 20.0. The highest BCUT2D eigenvalue weighted by atomic mass is 16.6. The van der Waals surface area contributed by atoms with E-state index in [-0.39, 0.29) is 36.4 Å². The van der Waals surface area contributed by atoms with Crippen LogP contribution in [0.2, 0.25) is 0 Å². The Hall–Kier alpha value is -5.89. The number of nitrogen functional groups attached to an aromatic ring is 1. The molecular formula is C45H56N8O6. The summed E-state index contributed by atoms with van der Waals surface area (Å²) in [6.45, 7) is 9.78. The van der Waals surface area contributed by atoms with Crippen molar-refractivity contribution >= 4 is 40.9 Å². The predicted molar refractivity (Wildman–Crippen MR) is 228 cm³/mol. The molecule has 4 aromatic rings. The Morgan fingerprint density at radius 2 is 1.36 bits per heavy atom. The monoisotopic (exact) mass is 804 g/mol. The van der Waals surface area contributed by atoms with Gasteiger partial charge in [0.25, 0.3) is 0 Å². The van der Waals surface area contributed by atoms with Gasteiger partial charge in [0, 0.05) is 62.3 Å². The fourth-order valence-corrected chi connectivity index (χ4v) is 8.41. The first-order valence-corrected chi connectivity index (χ1v) is 20.5. The molecule has 2 aromatic carbocycles. The number of nitrogens with one attached hydrogen (secondary N) is 1. The standard InChI is InChI=1S/C33H40N4O5.C12H16N4O/c1-33(2,3)42-32(39)35-18-6-7-25(22-35)37-29-16-17-34-31(28(29)19-30(37)38)36(20-23-8-12-26(40-4)13-9-23)21-24-10-14-27(41-5)15-11-24;13-12-9-6-11(17)16(10(9)3-5-15-12)8-2-1-4-14-7-8/h8-17,25H,6-7,18-22H2,1-5H3;3,5,8,14H,1-2,4,6-7H2,(H2,13,15)/t25-;8-/m11/s1. The molecule has 0 unspecified atom stereocenters. The molecule has 4 aliphatic rings. The molecule has 0 saturated carbocycles. The fourth-order valence-electron chi connectivity index (χ4n) is 8.41. The van der Waals surface area contributed by atoms with Crippen LogP contribution in [0.25, 0.3) is 0 Å². The smallest absolute Gasteiger partial charge is 0.410 e. The Morgan fingerprint density at radius 3 is 1.93 bits per heavy atom. The molecule has 14 heteroatoms. The number of fused-ring (bicyclic) bond motifs is 2. The summed E-state index contributed by atoms with van der Waals surface area (Å²) in [5.41, 5.74) is 11.1. The van der Waals surface area contributed by atoms with Crippen molar-refractivity contribution in [2.75, 3.05) is 60.8 Å². The minimum Gasteiger partial charge on any atom is -0.497 e. The molecule has 3 N–H and O–H groups in total. The van der Waals surface area contributed by atoms with Gasteiger partial charge in [-0.1, -0.05) is 24.3 Å². The highest BCUT2D eigenvalue weighted by molar-refractivity contribution is 6.04. The second-order valence-electron chi connectivity index (χ2n) is 16.5. The highest BCUT2D eigenvalue weighted by Gasteiger charge is 2.39. The lowest BCUT2D eigenvalue weighted by Gasteiger charge is -2.38. The molecular weight excluding hydrogens is 749 g/mol.